The number of halogens is 2. The number of carboxylic acid groups (broad SMARTS) is 2. The highest BCUT2D eigenvalue weighted by atomic mass is 35.5. The lowest BCUT2D eigenvalue weighted by Crippen LogP contribution is -3.00. The minimum absolute atomic E-state index is 0. The van der Waals surface area contributed by atoms with Crippen LogP contribution in [0.3, 0.4) is 0 Å². The van der Waals surface area contributed by atoms with Crippen LogP contribution in [0.1, 0.15) is 23.1 Å². The average molecular weight is 581 g/mol. The van der Waals surface area contributed by atoms with Gasteiger partial charge in [-0.05, 0) is 36.0 Å². The van der Waals surface area contributed by atoms with Gasteiger partial charge in [-0.15, -0.1) is 0 Å². The topological polar surface area (TPSA) is 118 Å². The number of aryl methyl sites for hydroxylation is 1. The number of carbonyl (C=O) groups is 3. The standard InChI is InChI=1S/C29H37N3O5.2ClH/c30-27(33)21-32-16-13-31(14-17-32,15-18-32)12-4-7-22-8-10-24(11-9-22)20-26(29(36)37)25(28(34)35)19-23-5-2-1-3-6-23;;/h1-3,5-6,8-11,25-26H,4,7,12-21H2,(H2-2,30,33,34,35,36,37);2*1H/t25-,26-,31?,32?;;/m0../s1. The second kappa shape index (κ2) is 14.1. The first-order valence-corrected chi connectivity index (χ1v) is 13.3. The maximum absolute atomic E-state index is 12.0. The van der Waals surface area contributed by atoms with Gasteiger partial charge in [-0.1, -0.05) is 54.6 Å². The van der Waals surface area contributed by atoms with Crippen LogP contribution in [0.2, 0.25) is 0 Å². The molecule has 2 bridgehead atoms. The van der Waals surface area contributed by atoms with Crippen molar-refractivity contribution in [3.05, 3.63) is 71.3 Å². The van der Waals surface area contributed by atoms with Gasteiger partial charge < -0.3 is 49.7 Å². The summed E-state index contributed by atoms with van der Waals surface area (Å²) in [6.07, 6.45) is 2.40. The van der Waals surface area contributed by atoms with E-state index < -0.39 is 23.8 Å². The SMILES string of the molecule is NC(=O)C[N+]12CC[N+](CCCc3ccc(C[C@H](C(=O)O)[C@H](Cc4ccccc4)C(=O)O)cc3)(CC1)CC2.[Cl-].[Cl-]. The van der Waals surface area contributed by atoms with Crippen LogP contribution >= 0.6 is 0 Å². The average Bonchev–Trinajstić information content (AvgIpc) is 2.88. The number of amides is 1. The molecule has 1 amide bonds. The predicted octanol–water partition coefficient (Wildman–Crippen LogP) is -4.04. The van der Waals surface area contributed by atoms with Crippen LogP contribution < -0.4 is 30.5 Å². The molecule has 10 heteroatoms. The number of rotatable bonds is 13. The molecule has 2 aromatic carbocycles. The van der Waals surface area contributed by atoms with E-state index in [4.69, 9.17) is 5.73 Å². The van der Waals surface area contributed by atoms with Crippen LogP contribution in [0, 0.1) is 11.8 Å². The molecular weight excluding hydrogens is 541 g/mol. The minimum atomic E-state index is -1.08. The molecule has 39 heavy (non-hydrogen) atoms. The lowest BCUT2D eigenvalue weighted by molar-refractivity contribution is -1.08. The van der Waals surface area contributed by atoms with E-state index in [2.05, 4.69) is 0 Å². The highest BCUT2D eigenvalue weighted by Gasteiger charge is 2.49. The molecule has 8 nitrogen and oxygen atoms in total. The van der Waals surface area contributed by atoms with E-state index >= 15 is 0 Å². The first-order valence-electron chi connectivity index (χ1n) is 13.3. The van der Waals surface area contributed by atoms with Crippen LogP contribution in [0.25, 0.3) is 0 Å². The lowest BCUT2D eigenvalue weighted by atomic mass is 9.82. The van der Waals surface area contributed by atoms with E-state index in [-0.39, 0.29) is 43.6 Å². The summed E-state index contributed by atoms with van der Waals surface area (Å²) in [5, 5.41) is 19.6. The van der Waals surface area contributed by atoms with Crippen LogP contribution in [0.15, 0.2) is 54.6 Å². The Kier molecular flexibility index (Phi) is 11.8. The third kappa shape index (κ3) is 8.42. The zero-order valence-electron chi connectivity index (χ0n) is 22.2. The van der Waals surface area contributed by atoms with Crippen molar-refractivity contribution < 1.29 is 58.4 Å². The Hall–Kier alpha value is -2.65. The van der Waals surface area contributed by atoms with Gasteiger partial charge in [0.2, 0.25) is 0 Å². The van der Waals surface area contributed by atoms with E-state index in [0.717, 1.165) is 78.7 Å². The van der Waals surface area contributed by atoms with Crippen LogP contribution in [-0.2, 0) is 33.6 Å². The molecule has 3 saturated heterocycles. The fourth-order valence-electron chi connectivity index (χ4n) is 6.23. The summed E-state index contributed by atoms with van der Waals surface area (Å²) >= 11 is 0. The fraction of sp³-hybridized carbons (Fsp3) is 0.483. The number of hydrogen-bond donors (Lipinski definition) is 3. The van der Waals surface area contributed by atoms with Gasteiger partial charge in [-0.2, -0.15) is 0 Å². The van der Waals surface area contributed by atoms with Gasteiger partial charge in [0.1, 0.15) is 39.3 Å². The molecule has 0 aromatic heterocycles. The van der Waals surface area contributed by atoms with Crippen molar-refractivity contribution in [1.82, 2.24) is 0 Å². The Morgan fingerprint density at radius 3 is 1.59 bits per heavy atom. The number of piperazine rings is 3. The molecule has 0 unspecified atom stereocenters. The van der Waals surface area contributed by atoms with E-state index in [0.29, 0.717) is 6.54 Å². The number of fused-ring (bicyclic) bond motifs is 3. The fourth-order valence-corrected chi connectivity index (χ4v) is 6.23. The second-order valence-electron chi connectivity index (χ2n) is 11.1. The first kappa shape index (κ1) is 32.6. The van der Waals surface area contributed by atoms with Crippen LogP contribution in [-0.4, -0.2) is 89.4 Å². The molecule has 3 heterocycles. The van der Waals surface area contributed by atoms with Crippen molar-refractivity contribution in [2.75, 3.05) is 52.4 Å². The zero-order chi connectivity index (χ0) is 26.5. The minimum Gasteiger partial charge on any atom is -1.00 e. The lowest BCUT2D eigenvalue weighted by Gasteiger charge is -2.55. The van der Waals surface area contributed by atoms with Gasteiger partial charge in [0.15, 0.2) is 6.54 Å². The highest BCUT2D eigenvalue weighted by Crippen LogP contribution is 2.27. The number of nitrogens with zero attached hydrogens (tertiary/aromatic N) is 2. The molecule has 3 fully saturated rings. The van der Waals surface area contributed by atoms with Gasteiger partial charge in [0.05, 0.1) is 18.4 Å². The van der Waals surface area contributed by atoms with Crippen molar-refractivity contribution in [2.45, 2.75) is 25.7 Å². The summed E-state index contributed by atoms with van der Waals surface area (Å²) in [6.45, 7) is 8.01. The van der Waals surface area contributed by atoms with E-state index in [1.54, 1.807) is 0 Å². The molecule has 0 spiro atoms. The number of nitrogens with two attached hydrogens (primary N) is 1. The number of primary amides is 1. The Labute approximate surface area is 242 Å². The molecule has 0 aliphatic carbocycles. The number of quaternary nitrogens is 2. The summed E-state index contributed by atoms with van der Waals surface area (Å²) in [5.74, 6) is -4.36. The number of carbonyl (C=O) groups excluding carboxylic acids is 1. The molecule has 0 saturated carbocycles. The Morgan fingerprint density at radius 1 is 0.692 bits per heavy atom. The highest BCUT2D eigenvalue weighted by molar-refractivity contribution is 5.80. The maximum Gasteiger partial charge on any atom is 0.307 e. The molecular formula is C29H39Cl2N3O5. The second-order valence-corrected chi connectivity index (χ2v) is 11.1. The van der Waals surface area contributed by atoms with E-state index in [1.165, 1.54) is 5.56 Å². The third-order valence-corrected chi connectivity index (χ3v) is 8.63. The monoisotopic (exact) mass is 579 g/mol. The number of carboxylic acids is 2. The normalized spacial score (nSPS) is 23.1. The number of benzene rings is 2. The van der Waals surface area contributed by atoms with Crippen molar-refractivity contribution in [2.24, 2.45) is 17.6 Å². The van der Waals surface area contributed by atoms with Crippen molar-refractivity contribution in [3.8, 4) is 0 Å². The van der Waals surface area contributed by atoms with Crippen molar-refractivity contribution in [3.63, 3.8) is 0 Å². The Bertz CT molecular complexity index is 1090. The molecule has 5 rings (SSSR count). The summed E-state index contributed by atoms with van der Waals surface area (Å²) in [7, 11) is 0. The van der Waals surface area contributed by atoms with E-state index in [1.807, 2.05) is 54.6 Å². The molecule has 3 aliphatic heterocycles. The summed E-state index contributed by atoms with van der Waals surface area (Å²) < 4.78 is 2.00. The predicted molar refractivity (Wildman–Crippen MR) is 140 cm³/mol. The third-order valence-electron chi connectivity index (χ3n) is 8.63. The van der Waals surface area contributed by atoms with Crippen LogP contribution in [0.4, 0.5) is 0 Å². The van der Waals surface area contributed by atoms with Gasteiger partial charge >= 0.3 is 11.9 Å². The van der Waals surface area contributed by atoms with E-state index in [9.17, 15) is 24.6 Å². The van der Waals surface area contributed by atoms with Crippen LogP contribution in [0.5, 0.6) is 0 Å². The number of hydrogen-bond acceptors (Lipinski definition) is 3. The molecule has 0 radical (unpaired) electrons. The number of aliphatic carboxylic acids is 2. The Balaban J connectivity index is 0.00000267. The quantitative estimate of drug-likeness (QED) is 0.209. The van der Waals surface area contributed by atoms with Gasteiger partial charge in [0.25, 0.3) is 5.91 Å². The van der Waals surface area contributed by atoms with Crippen molar-refractivity contribution in [1.29, 1.82) is 0 Å². The molecule has 2 aromatic rings. The van der Waals surface area contributed by atoms with Crippen molar-refractivity contribution >= 4 is 17.8 Å². The summed E-state index contributed by atoms with van der Waals surface area (Å²) in [4.78, 5) is 35.5. The van der Waals surface area contributed by atoms with Gasteiger partial charge in [-0.3, -0.25) is 14.4 Å². The molecule has 4 N–H and O–H groups in total. The Morgan fingerprint density at radius 2 is 1.13 bits per heavy atom. The van der Waals surface area contributed by atoms with Gasteiger partial charge in [0, 0.05) is 6.42 Å². The maximum atomic E-state index is 12.0. The molecule has 214 valence electrons. The molecule has 3 aliphatic rings. The smallest absolute Gasteiger partial charge is 0.307 e. The van der Waals surface area contributed by atoms with Gasteiger partial charge in [-0.25, -0.2) is 0 Å². The first-order chi connectivity index (χ1) is 17.7. The zero-order valence-corrected chi connectivity index (χ0v) is 23.7. The molecule has 2 atom stereocenters. The largest absolute Gasteiger partial charge is 1.00 e. The summed E-state index contributed by atoms with van der Waals surface area (Å²) in [6, 6.07) is 17.2. The summed E-state index contributed by atoms with van der Waals surface area (Å²) in [5.41, 5.74) is 8.35.